The number of hydrogen-bond acceptors (Lipinski definition) is 4. The summed E-state index contributed by atoms with van der Waals surface area (Å²) in [5, 5.41) is 16.7. The van der Waals surface area contributed by atoms with E-state index in [0.717, 1.165) is 0 Å². The van der Waals surface area contributed by atoms with Gasteiger partial charge < -0.3 is 15.5 Å². The molecule has 1 heterocycles. The van der Waals surface area contributed by atoms with Crippen LogP contribution in [0.3, 0.4) is 0 Å². The van der Waals surface area contributed by atoms with E-state index < -0.39 is 4.92 Å². The minimum absolute atomic E-state index is 0.00687. The van der Waals surface area contributed by atoms with Gasteiger partial charge in [0, 0.05) is 43.0 Å². The lowest BCUT2D eigenvalue weighted by atomic mass is 10.1. The monoisotopic (exact) mass is 278 g/mol. The van der Waals surface area contributed by atoms with Crippen LogP contribution in [0.1, 0.15) is 13.8 Å². The van der Waals surface area contributed by atoms with Crippen LogP contribution in [0.15, 0.2) is 24.3 Å². The van der Waals surface area contributed by atoms with Crippen molar-refractivity contribution in [3.05, 3.63) is 34.4 Å². The molecule has 1 saturated heterocycles. The van der Waals surface area contributed by atoms with Crippen molar-refractivity contribution in [1.82, 2.24) is 10.2 Å². The van der Waals surface area contributed by atoms with E-state index in [-0.39, 0.29) is 23.8 Å². The van der Waals surface area contributed by atoms with Crippen LogP contribution >= 0.6 is 0 Å². The molecule has 1 fully saturated rings. The van der Waals surface area contributed by atoms with Crippen LogP contribution in [0.4, 0.5) is 16.2 Å². The molecule has 0 bridgehead atoms. The van der Waals surface area contributed by atoms with Crippen LogP contribution in [0.2, 0.25) is 0 Å². The zero-order valence-corrected chi connectivity index (χ0v) is 11.5. The lowest BCUT2D eigenvalue weighted by molar-refractivity contribution is -0.384. The topological polar surface area (TPSA) is 87.5 Å². The van der Waals surface area contributed by atoms with E-state index in [4.69, 9.17) is 0 Å². The number of anilines is 1. The lowest BCUT2D eigenvalue weighted by Gasteiger charge is -2.36. The number of non-ortho nitro benzene ring substituents is 1. The normalized spacial score (nSPS) is 22.4. The number of nitrogens with zero attached hydrogens (tertiary/aromatic N) is 2. The van der Waals surface area contributed by atoms with Gasteiger partial charge in [0.2, 0.25) is 0 Å². The molecule has 2 unspecified atom stereocenters. The molecule has 0 aliphatic carbocycles. The Labute approximate surface area is 117 Å². The molecule has 0 aromatic heterocycles. The lowest BCUT2D eigenvalue weighted by Crippen LogP contribution is -2.56. The van der Waals surface area contributed by atoms with E-state index in [2.05, 4.69) is 10.6 Å². The molecule has 0 spiro atoms. The fourth-order valence-electron chi connectivity index (χ4n) is 2.36. The first-order chi connectivity index (χ1) is 9.45. The minimum Gasteiger partial charge on any atom is -0.321 e. The molecule has 0 saturated carbocycles. The predicted octanol–water partition coefficient (Wildman–Crippen LogP) is 1.81. The van der Waals surface area contributed by atoms with Crippen LogP contribution in [-0.4, -0.2) is 41.0 Å². The highest BCUT2D eigenvalue weighted by atomic mass is 16.6. The standard InChI is InChI=1S/C13H18N4O3/c1-9-7-16(8-10(2)14-9)13(18)15-11-3-5-12(6-4-11)17(19)20/h3-6,9-10,14H,7-8H2,1-2H3,(H,15,18). The number of piperazine rings is 1. The highest BCUT2D eigenvalue weighted by Crippen LogP contribution is 2.16. The highest BCUT2D eigenvalue weighted by molar-refractivity contribution is 5.89. The Kier molecular flexibility index (Phi) is 4.19. The summed E-state index contributed by atoms with van der Waals surface area (Å²) in [6.45, 7) is 5.34. The van der Waals surface area contributed by atoms with Crippen LogP contribution in [-0.2, 0) is 0 Å². The zero-order chi connectivity index (χ0) is 14.7. The summed E-state index contributed by atoms with van der Waals surface area (Å²) in [5.74, 6) is 0. The fraction of sp³-hybridized carbons (Fsp3) is 0.462. The van der Waals surface area contributed by atoms with Gasteiger partial charge in [0.15, 0.2) is 0 Å². The van der Waals surface area contributed by atoms with E-state index in [1.807, 2.05) is 13.8 Å². The van der Waals surface area contributed by atoms with E-state index >= 15 is 0 Å². The van der Waals surface area contributed by atoms with Crippen molar-refractivity contribution < 1.29 is 9.72 Å². The Morgan fingerprint density at radius 1 is 1.30 bits per heavy atom. The smallest absolute Gasteiger partial charge is 0.321 e. The van der Waals surface area contributed by atoms with Gasteiger partial charge in [-0.25, -0.2) is 4.79 Å². The summed E-state index contributed by atoms with van der Waals surface area (Å²) in [4.78, 5) is 24.0. The average Bonchev–Trinajstić information content (AvgIpc) is 2.38. The first-order valence-electron chi connectivity index (χ1n) is 6.52. The number of nitrogens with one attached hydrogen (secondary N) is 2. The van der Waals surface area contributed by atoms with Crippen molar-refractivity contribution in [2.75, 3.05) is 18.4 Å². The Morgan fingerprint density at radius 3 is 2.35 bits per heavy atom. The maximum atomic E-state index is 12.1. The number of amides is 2. The number of rotatable bonds is 2. The molecule has 20 heavy (non-hydrogen) atoms. The van der Waals surface area contributed by atoms with Gasteiger partial charge in [0.1, 0.15) is 0 Å². The number of hydrogen-bond donors (Lipinski definition) is 2. The van der Waals surface area contributed by atoms with Gasteiger partial charge >= 0.3 is 6.03 Å². The first-order valence-corrected chi connectivity index (χ1v) is 6.52. The SMILES string of the molecule is CC1CN(C(=O)Nc2ccc([N+](=O)[O-])cc2)CC(C)N1. The van der Waals surface area contributed by atoms with Gasteiger partial charge in [-0.1, -0.05) is 0 Å². The quantitative estimate of drug-likeness (QED) is 0.638. The average molecular weight is 278 g/mol. The zero-order valence-electron chi connectivity index (χ0n) is 11.5. The Bertz CT molecular complexity index is 493. The van der Waals surface area contributed by atoms with Crippen LogP contribution < -0.4 is 10.6 Å². The van der Waals surface area contributed by atoms with Crippen molar-refractivity contribution in [3.8, 4) is 0 Å². The van der Waals surface area contributed by atoms with Gasteiger partial charge in [0.25, 0.3) is 5.69 Å². The van der Waals surface area contributed by atoms with E-state index in [1.54, 1.807) is 4.90 Å². The summed E-state index contributed by atoms with van der Waals surface area (Å²) in [5.41, 5.74) is 0.562. The second-order valence-corrected chi connectivity index (χ2v) is 5.11. The number of carbonyl (C=O) groups is 1. The molecule has 2 rings (SSSR count). The number of benzene rings is 1. The van der Waals surface area contributed by atoms with Crippen LogP contribution in [0.25, 0.3) is 0 Å². The maximum Gasteiger partial charge on any atom is 0.321 e. The number of carbonyl (C=O) groups excluding carboxylic acids is 1. The molecule has 108 valence electrons. The summed E-state index contributed by atoms with van der Waals surface area (Å²) in [6, 6.07) is 6.13. The van der Waals surface area contributed by atoms with Crippen LogP contribution in [0.5, 0.6) is 0 Å². The molecule has 7 nitrogen and oxygen atoms in total. The largest absolute Gasteiger partial charge is 0.321 e. The molecule has 2 atom stereocenters. The summed E-state index contributed by atoms with van der Waals surface area (Å²) < 4.78 is 0. The number of urea groups is 1. The number of nitro benzene ring substituents is 1. The van der Waals surface area contributed by atoms with Crippen molar-refractivity contribution in [2.45, 2.75) is 25.9 Å². The van der Waals surface area contributed by atoms with Gasteiger partial charge in [-0.15, -0.1) is 0 Å². The minimum atomic E-state index is -0.467. The molecule has 1 aliphatic rings. The number of nitro groups is 1. The molecule has 2 N–H and O–H groups in total. The third kappa shape index (κ3) is 3.45. The van der Waals surface area contributed by atoms with Crippen molar-refractivity contribution in [2.24, 2.45) is 0 Å². The first kappa shape index (κ1) is 14.3. The fourth-order valence-corrected chi connectivity index (χ4v) is 2.36. The van der Waals surface area contributed by atoms with Gasteiger partial charge in [-0.3, -0.25) is 10.1 Å². The molecule has 1 aromatic rings. The molecule has 7 heteroatoms. The van der Waals surface area contributed by atoms with Gasteiger partial charge in [0.05, 0.1) is 4.92 Å². The molecule has 2 amide bonds. The van der Waals surface area contributed by atoms with E-state index in [9.17, 15) is 14.9 Å². The third-order valence-corrected chi connectivity index (χ3v) is 3.17. The second kappa shape index (κ2) is 5.87. The van der Waals surface area contributed by atoms with E-state index in [0.29, 0.717) is 18.8 Å². The van der Waals surface area contributed by atoms with Crippen molar-refractivity contribution >= 4 is 17.4 Å². The Balaban J connectivity index is 1.98. The summed E-state index contributed by atoms with van der Waals surface area (Å²) in [6.07, 6.45) is 0. The van der Waals surface area contributed by atoms with Crippen molar-refractivity contribution in [3.63, 3.8) is 0 Å². The highest BCUT2D eigenvalue weighted by Gasteiger charge is 2.24. The summed E-state index contributed by atoms with van der Waals surface area (Å²) in [7, 11) is 0. The van der Waals surface area contributed by atoms with Crippen molar-refractivity contribution in [1.29, 1.82) is 0 Å². The maximum absolute atomic E-state index is 12.1. The Morgan fingerprint density at radius 2 is 1.85 bits per heavy atom. The van der Waals surface area contributed by atoms with Gasteiger partial charge in [-0.2, -0.15) is 0 Å². The van der Waals surface area contributed by atoms with Crippen LogP contribution in [0, 0.1) is 10.1 Å². The molecule has 1 aromatic carbocycles. The summed E-state index contributed by atoms with van der Waals surface area (Å²) >= 11 is 0. The Hall–Kier alpha value is -2.15. The molecule has 1 aliphatic heterocycles. The predicted molar refractivity (Wildman–Crippen MR) is 75.7 cm³/mol. The second-order valence-electron chi connectivity index (χ2n) is 5.11. The van der Waals surface area contributed by atoms with Gasteiger partial charge in [-0.05, 0) is 26.0 Å². The van der Waals surface area contributed by atoms with E-state index in [1.165, 1.54) is 24.3 Å². The molecule has 0 radical (unpaired) electrons. The molecular formula is C13H18N4O3. The molecular weight excluding hydrogens is 260 g/mol. The third-order valence-electron chi connectivity index (χ3n) is 3.17.